The van der Waals surface area contributed by atoms with Crippen molar-refractivity contribution in [1.82, 2.24) is 0 Å². The molecule has 1 nitrogen and oxygen atoms in total. The van der Waals surface area contributed by atoms with E-state index in [4.69, 9.17) is 4.74 Å². The molecule has 0 aliphatic heterocycles. The Balaban J connectivity index is 2.68. The molecule has 0 radical (unpaired) electrons. The maximum absolute atomic E-state index is 6.39. The van der Waals surface area contributed by atoms with Gasteiger partial charge in [-0.25, -0.2) is 0 Å². The second-order valence-electron chi connectivity index (χ2n) is 10.7. The highest BCUT2D eigenvalue weighted by Gasteiger charge is 2.51. The van der Waals surface area contributed by atoms with E-state index in [0.717, 1.165) is 35.0 Å². The van der Waals surface area contributed by atoms with Gasteiger partial charge in [0.05, 0.1) is 8.07 Å². The van der Waals surface area contributed by atoms with Crippen molar-refractivity contribution < 1.29 is 4.74 Å². The van der Waals surface area contributed by atoms with Gasteiger partial charge < -0.3 is 4.74 Å². The summed E-state index contributed by atoms with van der Waals surface area (Å²) in [6.07, 6.45) is 1.87. The highest BCUT2D eigenvalue weighted by Crippen LogP contribution is 2.54. The van der Waals surface area contributed by atoms with Crippen molar-refractivity contribution in [2.75, 3.05) is 6.61 Å². The molecule has 4 unspecified atom stereocenters. The molecule has 0 amide bonds. The smallest absolute Gasteiger partial charge is 0.122 e. The molecule has 0 saturated heterocycles. The van der Waals surface area contributed by atoms with Gasteiger partial charge in [0.15, 0.2) is 0 Å². The molecular formula is C25H42OSi. The summed E-state index contributed by atoms with van der Waals surface area (Å²) in [5, 5.41) is 1.51. The molecule has 1 saturated carbocycles. The Hall–Kier alpha value is -1.02. The molecule has 0 aromatic heterocycles. The van der Waals surface area contributed by atoms with Crippen LogP contribution in [-0.2, 0) is 5.41 Å². The minimum Gasteiger partial charge on any atom is -0.489 e. The third-order valence-corrected chi connectivity index (χ3v) is 12.0. The van der Waals surface area contributed by atoms with E-state index in [1.54, 1.807) is 0 Å². The summed E-state index contributed by atoms with van der Waals surface area (Å²) < 4.78 is 6.39. The van der Waals surface area contributed by atoms with E-state index in [1.165, 1.54) is 16.3 Å². The third kappa shape index (κ3) is 4.06. The van der Waals surface area contributed by atoms with Gasteiger partial charge in [0.1, 0.15) is 12.4 Å². The molecule has 1 aromatic rings. The second-order valence-corrected chi connectivity index (χ2v) is 15.4. The van der Waals surface area contributed by atoms with Crippen molar-refractivity contribution >= 4 is 13.3 Å². The molecule has 1 aromatic carbocycles. The fraction of sp³-hybridized carbons (Fsp3) is 0.680. The molecule has 1 aliphatic rings. The van der Waals surface area contributed by atoms with E-state index >= 15 is 0 Å². The Morgan fingerprint density at radius 2 is 1.52 bits per heavy atom. The summed E-state index contributed by atoms with van der Waals surface area (Å²) in [5.41, 5.74) is 3.55. The minimum atomic E-state index is -1.75. The molecule has 1 aliphatic carbocycles. The summed E-state index contributed by atoms with van der Waals surface area (Å²) in [6.45, 7) is 28.7. The van der Waals surface area contributed by atoms with Crippen LogP contribution in [0, 0.1) is 30.6 Å². The lowest BCUT2D eigenvalue weighted by molar-refractivity contribution is 0.352. The standard InChI is InChI=1S/C25H42OSi/c1-12-13-26-23-21(25(7,8)9)14-16(2)15-22(23)27(10,11)24-19(5)17(3)18(4)20(24)6/h12,14-15,17-20,24H,1,13H2,2-11H3/t17?,18?,19-,20?,24?/m1/s1. The zero-order valence-corrected chi connectivity index (χ0v) is 20.4. The van der Waals surface area contributed by atoms with Gasteiger partial charge in [-0.1, -0.05) is 91.9 Å². The van der Waals surface area contributed by atoms with Gasteiger partial charge in [-0.3, -0.25) is 0 Å². The Bertz CT molecular complexity index is 668. The van der Waals surface area contributed by atoms with Gasteiger partial charge in [-0.2, -0.15) is 0 Å². The predicted octanol–water partition coefficient (Wildman–Crippen LogP) is 6.70. The SMILES string of the molecule is C=CCOc1c(C(C)(C)C)cc(C)cc1[Si](C)(C)C1C(C)C(C)C(C)[C@H]1C. The number of aryl methyl sites for hydroxylation is 1. The van der Waals surface area contributed by atoms with Crippen LogP contribution in [0.4, 0.5) is 0 Å². The zero-order chi connectivity index (χ0) is 20.7. The van der Waals surface area contributed by atoms with E-state index in [0.29, 0.717) is 6.61 Å². The average molecular weight is 387 g/mol. The van der Waals surface area contributed by atoms with Gasteiger partial charge in [0.2, 0.25) is 0 Å². The lowest BCUT2D eigenvalue weighted by Crippen LogP contribution is -2.50. The highest BCUT2D eigenvalue weighted by molar-refractivity contribution is 6.91. The summed E-state index contributed by atoms with van der Waals surface area (Å²) in [5.74, 6) is 4.27. The molecule has 152 valence electrons. The van der Waals surface area contributed by atoms with Crippen molar-refractivity contribution in [3.63, 3.8) is 0 Å². The highest BCUT2D eigenvalue weighted by atomic mass is 28.3. The van der Waals surface area contributed by atoms with Gasteiger partial charge in [0.25, 0.3) is 0 Å². The molecule has 2 rings (SSSR count). The molecule has 2 heteroatoms. The van der Waals surface area contributed by atoms with Gasteiger partial charge >= 0.3 is 0 Å². The molecular weight excluding hydrogens is 344 g/mol. The molecule has 0 bridgehead atoms. The molecule has 0 heterocycles. The fourth-order valence-corrected chi connectivity index (χ4v) is 10.7. The van der Waals surface area contributed by atoms with Crippen LogP contribution in [0.25, 0.3) is 0 Å². The normalized spacial score (nSPS) is 29.0. The number of ether oxygens (including phenoxy) is 1. The molecule has 5 atom stereocenters. The van der Waals surface area contributed by atoms with E-state index in [-0.39, 0.29) is 5.41 Å². The van der Waals surface area contributed by atoms with E-state index in [9.17, 15) is 0 Å². The Labute approximate surface area is 169 Å². The Kier molecular flexibility index (Phi) is 6.41. The fourth-order valence-electron chi connectivity index (χ4n) is 5.69. The Morgan fingerprint density at radius 1 is 1.00 bits per heavy atom. The molecule has 1 fully saturated rings. The van der Waals surface area contributed by atoms with E-state index in [1.807, 2.05) is 6.08 Å². The predicted molar refractivity (Wildman–Crippen MR) is 123 cm³/mol. The van der Waals surface area contributed by atoms with Crippen molar-refractivity contribution in [3.05, 3.63) is 35.9 Å². The molecule has 0 N–H and O–H groups in total. The summed E-state index contributed by atoms with van der Waals surface area (Å²) in [4.78, 5) is 0. The van der Waals surface area contributed by atoms with Gasteiger partial charge in [-0.15, -0.1) is 0 Å². The largest absolute Gasteiger partial charge is 0.489 e. The van der Waals surface area contributed by atoms with E-state index in [2.05, 4.69) is 87.2 Å². The number of rotatable bonds is 5. The van der Waals surface area contributed by atoms with Crippen LogP contribution in [0.5, 0.6) is 5.75 Å². The monoisotopic (exact) mass is 386 g/mol. The van der Waals surface area contributed by atoms with Crippen LogP contribution < -0.4 is 9.92 Å². The van der Waals surface area contributed by atoms with Crippen molar-refractivity contribution in [2.24, 2.45) is 23.7 Å². The first-order chi connectivity index (χ1) is 12.3. The van der Waals surface area contributed by atoms with Crippen LogP contribution in [0.3, 0.4) is 0 Å². The molecule has 0 spiro atoms. The van der Waals surface area contributed by atoms with Crippen molar-refractivity contribution in [3.8, 4) is 5.75 Å². The second kappa shape index (κ2) is 7.77. The number of hydrogen-bond donors (Lipinski definition) is 0. The summed E-state index contributed by atoms with van der Waals surface area (Å²) in [6, 6.07) is 4.77. The third-order valence-electron chi connectivity index (χ3n) is 7.54. The quantitative estimate of drug-likeness (QED) is 0.404. The van der Waals surface area contributed by atoms with Crippen LogP contribution in [0.15, 0.2) is 24.8 Å². The van der Waals surface area contributed by atoms with Crippen LogP contribution in [0.1, 0.15) is 59.6 Å². The van der Waals surface area contributed by atoms with Gasteiger partial charge in [0, 0.05) is 0 Å². The van der Waals surface area contributed by atoms with Crippen LogP contribution in [-0.4, -0.2) is 14.7 Å². The maximum Gasteiger partial charge on any atom is 0.122 e. The summed E-state index contributed by atoms with van der Waals surface area (Å²) >= 11 is 0. The minimum absolute atomic E-state index is 0.0647. The van der Waals surface area contributed by atoms with Crippen LogP contribution in [0.2, 0.25) is 18.6 Å². The lowest BCUT2D eigenvalue weighted by atomic mass is 9.85. The molecule has 27 heavy (non-hydrogen) atoms. The first kappa shape index (κ1) is 22.3. The van der Waals surface area contributed by atoms with Crippen molar-refractivity contribution in [1.29, 1.82) is 0 Å². The lowest BCUT2D eigenvalue weighted by Gasteiger charge is -2.39. The van der Waals surface area contributed by atoms with Gasteiger partial charge in [-0.05, 0) is 52.3 Å². The zero-order valence-electron chi connectivity index (χ0n) is 19.4. The summed E-state index contributed by atoms with van der Waals surface area (Å²) in [7, 11) is -1.75. The average Bonchev–Trinajstić information content (AvgIpc) is 2.75. The first-order valence-corrected chi connectivity index (χ1v) is 13.8. The maximum atomic E-state index is 6.39. The van der Waals surface area contributed by atoms with Crippen molar-refractivity contribution in [2.45, 2.75) is 79.4 Å². The topological polar surface area (TPSA) is 9.23 Å². The first-order valence-electron chi connectivity index (χ1n) is 10.7. The number of hydrogen-bond acceptors (Lipinski definition) is 1. The van der Waals surface area contributed by atoms with E-state index < -0.39 is 8.07 Å². The Morgan fingerprint density at radius 3 is 1.96 bits per heavy atom. The number of benzene rings is 1. The van der Waals surface area contributed by atoms with Crippen LogP contribution >= 0.6 is 0 Å².